The first-order valence-corrected chi connectivity index (χ1v) is 42.8. The third kappa shape index (κ3) is 20.6. The Kier molecular flexibility index (Phi) is 30.5. The van der Waals surface area contributed by atoms with Gasteiger partial charge in [-0.3, -0.25) is 20.6 Å². The molecular weight excluding hydrogens is 1780 g/mol. The molecule has 0 saturated heterocycles. The van der Waals surface area contributed by atoms with E-state index in [1.54, 1.807) is 23.4 Å². The maximum atomic E-state index is 10.5. The van der Waals surface area contributed by atoms with Crippen molar-refractivity contribution in [3.05, 3.63) is 330 Å². The van der Waals surface area contributed by atoms with Crippen molar-refractivity contribution in [1.29, 1.82) is 0 Å². The number of anilines is 2. The third-order valence-corrected chi connectivity index (χ3v) is 20.2. The first kappa shape index (κ1) is 76.1. The Morgan fingerprint density at radius 3 is 1.47 bits per heavy atom. The molecule has 0 aliphatic heterocycles. The maximum Gasteiger partial charge on any atom is 0.0705 e. The van der Waals surface area contributed by atoms with Crippen molar-refractivity contribution in [3.8, 4) is 44.8 Å². The summed E-state index contributed by atoms with van der Waals surface area (Å²) in [5, 5.41) is 2.40. The van der Waals surface area contributed by atoms with E-state index in [0.29, 0.717) is 5.78 Å². The molecule has 0 spiro atoms. The van der Waals surface area contributed by atoms with Crippen LogP contribution in [0.15, 0.2) is 291 Å². The van der Waals surface area contributed by atoms with Gasteiger partial charge in [0.2, 0.25) is 0 Å². The zero-order valence-electron chi connectivity index (χ0n) is 54.7. The summed E-state index contributed by atoms with van der Waals surface area (Å²) in [6.45, 7) is 0. The monoisotopic (exact) mass is 1850 g/mol. The van der Waals surface area contributed by atoms with Gasteiger partial charge in [-0.05, 0) is 228 Å². The number of nitrogens with two attached hydrogens (primary N) is 2. The number of hydrogen-bond donors (Lipinski definition) is 3. The van der Waals surface area contributed by atoms with Gasteiger partial charge in [0.15, 0.2) is 0 Å². The number of fused-ring (bicyclic) bond motifs is 11. The van der Waals surface area contributed by atoms with E-state index in [1.807, 2.05) is 109 Å². The normalized spacial score (nSPS) is 12.7. The number of aromatic nitrogens is 4. The molecule has 5 N–H and O–H groups in total. The molecule has 0 bridgehead atoms. The molecule has 8 nitrogen and oxygen atoms in total. The molecule has 13 aromatic rings. The van der Waals surface area contributed by atoms with E-state index in [9.17, 15) is 4.79 Å². The molecule has 1 fully saturated rings. The minimum Gasteiger partial charge on any atom is -0.656 e. The van der Waals surface area contributed by atoms with Gasteiger partial charge in [0.05, 0.1) is 17.1 Å². The van der Waals surface area contributed by atoms with Crippen LogP contribution >= 0.6 is 77.3 Å². The Balaban J connectivity index is 0.000000135. The molecule has 18 rings (SSSR count). The second-order valence-corrected chi connectivity index (χ2v) is 26.9. The summed E-state index contributed by atoms with van der Waals surface area (Å²) in [5.41, 5.74) is 33.8. The average Bonchev–Trinajstić information content (AvgIpc) is 1.65. The molecule has 5 aliphatic carbocycles. The van der Waals surface area contributed by atoms with Crippen molar-refractivity contribution >= 4 is 122 Å². The first-order valence-electron chi connectivity index (χ1n) is 32.7. The van der Waals surface area contributed by atoms with Crippen molar-refractivity contribution < 1.29 is 41.2 Å². The topological polar surface area (TPSA) is 134 Å². The number of nitrogen functional groups attached to an aromatic ring is 2. The fourth-order valence-corrected chi connectivity index (χ4v) is 14.3. The van der Waals surface area contributed by atoms with Gasteiger partial charge in [0.25, 0.3) is 0 Å². The number of rotatable bonds is 3. The summed E-state index contributed by atoms with van der Waals surface area (Å²) in [6.07, 6.45) is 21.9. The van der Waals surface area contributed by atoms with E-state index in [4.69, 9.17) is 16.6 Å². The maximum absolute atomic E-state index is 10.5. The second kappa shape index (κ2) is 39.8. The van der Waals surface area contributed by atoms with Crippen molar-refractivity contribution in [2.24, 2.45) is 5.84 Å². The van der Waals surface area contributed by atoms with Crippen molar-refractivity contribution in [2.45, 2.75) is 77.0 Å². The van der Waals surface area contributed by atoms with E-state index >= 15 is 0 Å². The zero-order chi connectivity index (χ0) is 68.4. The number of para-hydroxylation sites is 4. The average molecular weight is 1850 g/mol. The number of carbonyl (C=O) groups is 1. The van der Waals surface area contributed by atoms with E-state index < -0.39 is 0 Å². The predicted molar refractivity (Wildman–Crippen MR) is 422 cm³/mol. The summed E-state index contributed by atoms with van der Waals surface area (Å²) in [6, 6.07) is 84.2. The number of hydrazine groups is 1. The molecule has 1 radical (unpaired) electrons. The van der Waals surface area contributed by atoms with E-state index in [1.165, 1.54) is 136 Å². The Bertz CT molecular complexity index is 4710. The second-order valence-electron chi connectivity index (χ2n) is 23.5. The number of ketones is 1. The van der Waals surface area contributed by atoms with Crippen LogP contribution in [0.25, 0.3) is 72.1 Å². The molecule has 497 valence electrons. The molecule has 4 aromatic heterocycles. The van der Waals surface area contributed by atoms with Gasteiger partial charge >= 0.3 is 30.0 Å². The van der Waals surface area contributed by atoms with Gasteiger partial charge in [-0.1, -0.05) is 226 Å². The minimum absolute atomic E-state index is 0. The molecular formula is C84H73Br5IrN7OZn-. The quantitative estimate of drug-likeness (QED) is 0.0524. The molecule has 4 heterocycles. The van der Waals surface area contributed by atoms with Crippen molar-refractivity contribution in [2.75, 3.05) is 11.2 Å². The van der Waals surface area contributed by atoms with Crippen LogP contribution in [0.3, 0.4) is 0 Å². The van der Waals surface area contributed by atoms with Gasteiger partial charge in [-0.2, -0.15) is 18.2 Å². The molecule has 1 saturated carbocycles. The van der Waals surface area contributed by atoms with Crippen LogP contribution in [0.4, 0.5) is 11.4 Å². The van der Waals surface area contributed by atoms with E-state index in [2.05, 4.69) is 250 Å². The zero-order valence-corrected chi connectivity index (χ0v) is 68.0. The molecule has 0 amide bonds. The van der Waals surface area contributed by atoms with E-state index in [0.717, 1.165) is 86.8 Å². The number of Topliss-reactive ketones (excluding diaryl/α,β-unsaturated/α-hetero) is 1. The van der Waals surface area contributed by atoms with Crippen molar-refractivity contribution in [3.63, 3.8) is 0 Å². The minimum atomic E-state index is 0. The third-order valence-electron chi connectivity index (χ3n) is 17.3. The molecule has 15 heteroatoms. The van der Waals surface area contributed by atoms with Crippen LogP contribution < -0.4 is 22.0 Å². The van der Waals surface area contributed by atoms with E-state index in [-0.39, 0.29) is 20.1 Å². The Morgan fingerprint density at radius 2 is 0.909 bits per heavy atom. The molecule has 5 aliphatic rings. The Hall–Kier alpha value is -7.13. The first-order chi connectivity index (χ1) is 48.1. The number of halogens is 5. The van der Waals surface area contributed by atoms with Crippen LogP contribution in [-0.4, -0.2) is 20.7 Å². The number of pyridine rings is 3. The van der Waals surface area contributed by atoms with Crippen LogP contribution in [0, 0.1) is 6.20 Å². The standard InChI is InChI=1S/C18H13N.C17H11N2.C13H13Br.C13H9Br.C6H7BrN2.C6H6BrN.C6H10O.C5H4N.BrH.Ir.Zn/c1-2-7-14-13(6-1)12-17-15(14)8-5-9-16(17)18-10-3-4-11-19-18;1-2-10-16-12(6-1)13-7-5-8-14(17(13)19-16)15-9-3-4-11-18-15;2*14-13-7-3-6-11-10-5-2-1-4-9(10)8-12(11)13;7-5-3-1-2-4-6(5)9-8;7-5-3-1-2-4-6(5)8;7-6-4-2-1-3-5-6;1-2-4-6-5-3-1;;;/h1-11H,12H2;1-11H;3,6-7H,1-2,4-5,8H2;1-7H,8H2;1-4,9H,8H2;1-4H,8H2;1-5H2;1-4H;1H;;/q;-1;;;;;;-1;;;+2/p-1. The van der Waals surface area contributed by atoms with Gasteiger partial charge in [-0.15, -0.1) is 11.0 Å². The summed E-state index contributed by atoms with van der Waals surface area (Å²) >= 11 is 18.1. The van der Waals surface area contributed by atoms with Crippen LogP contribution in [0.2, 0.25) is 0 Å². The Morgan fingerprint density at radius 1 is 0.424 bits per heavy atom. The molecule has 0 unspecified atom stereocenters. The number of nitrogens with zero attached hydrogens (tertiary/aromatic N) is 4. The van der Waals surface area contributed by atoms with Gasteiger partial charge < -0.3 is 21.1 Å². The summed E-state index contributed by atoms with van der Waals surface area (Å²) in [7, 11) is 0. The fraction of sp³-hybridized carbons (Fsp3) is 0.143. The SMILES string of the molecule is Brc1cccc2c1CC1=C2CCCC1.Brc1cccc2c1Cc1ccccc1-2.NNc1ccccc1Br.Nc1ccccc1Br.O=C1CCCCC1.[Ir].[Zn+][Br].[c-]1ccccn1.c1ccc(-c2cccc3c2Cc2ccccc2-3)nc1.c1ccc(-c2cccc3c2[n-]c2ccccc23)nc1. The van der Waals surface area contributed by atoms with Gasteiger partial charge in [0.1, 0.15) is 5.78 Å². The summed E-state index contributed by atoms with van der Waals surface area (Å²) in [5.74, 6) is 5.63. The number of nitrogens with one attached hydrogen (secondary N) is 1. The summed E-state index contributed by atoms with van der Waals surface area (Å²) < 4.78 is 4.46. The van der Waals surface area contributed by atoms with Gasteiger partial charge in [0, 0.05) is 74.5 Å². The number of carbonyl (C=O) groups excluding carboxylic acids is 1. The number of benzene rings is 9. The predicted octanol–water partition coefficient (Wildman–Crippen LogP) is 23.7. The fourth-order valence-electron chi connectivity index (χ4n) is 12.6. The molecule has 0 atom stereocenters. The van der Waals surface area contributed by atoms with Gasteiger partial charge in [-0.25, -0.2) is 0 Å². The summed E-state index contributed by atoms with van der Waals surface area (Å²) in [4.78, 5) is 27.8. The van der Waals surface area contributed by atoms with Crippen LogP contribution in [0.5, 0.6) is 0 Å². The van der Waals surface area contributed by atoms with Crippen molar-refractivity contribution in [1.82, 2.24) is 19.9 Å². The largest absolute Gasteiger partial charge is 0.656 e. The number of allylic oxidation sites excluding steroid dienone is 2. The molecule has 99 heavy (non-hydrogen) atoms. The smallest absolute Gasteiger partial charge is 0.0705 e. The molecule has 9 aromatic carbocycles. The van der Waals surface area contributed by atoms with Crippen LogP contribution in [-0.2, 0) is 60.5 Å². The number of hydrogen-bond acceptors (Lipinski definition) is 7. The Labute approximate surface area is 645 Å². The van der Waals surface area contributed by atoms with Crippen LogP contribution in [0.1, 0.15) is 91.2 Å².